The van der Waals surface area contributed by atoms with Crippen LogP contribution in [0.1, 0.15) is 10.4 Å². The van der Waals surface area contributed by atoms with Crippen LogP contribution in [0.25, 0.3) is 0 Å². The van der Waals surface area contributed by atoms with E-state index in [1.807, 2.05) is 0 Å². The van der Waals surface area contributed by atoms with Gasteiger partial charge in [0.1, 0.15) is 0 Å². The SMILES string of the molecule is NC(=O)c1cc(N=C=O)ccc1Br. The maximum atomic E-state index is 10.8. The fourth-order valence-corrected chi connectivity index (χ4v) is 1.27. The van der Waals surface area contributed by atoms with Gasteiger partial charge in [0.15, 0.2) is 0 Å². The van der Waals surface area contributed by atoms with Crippen LogP contribution in [-0.2, 0) is 4.79 Å². The molecule has 0 bridgehead atoms. The molecule has 1 amide bonds. The van der Waals surface area contributed by atoms with E-state index in [4.69, 9.17) is 5.73 Å². The topological polar surface area (TPSA) is 72.5 Å². The molecule has 0 aliphatic rings. The van der Waals surface area contributed by atoms with Gasteiger partial charge in [-0.1, -0.05) is 0 Å². The number of nitrogens with zero attached hydrogens (tertiary/aromatic N) is 1. The highest BCUT2D eigenvalue weighted by Gasteiger charge is 2.06. The Morgan fingerprint density at radius 3 is 2.77 bits per heavy atom. The minimum atomic E-state index is -0.574. The lowest BCUT2D eigenvalue weighted by molar-refractivity contribution is 0.0999. The van der Waals surface area contributed by atoms with E-state index in [0.29, 0.717) is 10.2 Å². The number of isocyanates is 1. The lowest BCUT2D eigenvalue weighted by Gasteiger charge is -1.99. The summed E-state index contributed by atoms with van der Waals surface area (Å²) in [6, 6.07) is 4.58. The van der Waals surface area contributed by atoms with Gasteiger partial charge in [0.05, 0.1) is 11.3 Å². The molecule has 13 heavy (non-hydrogen) atoms. The van der Waals surface area contributed by atoms with Gasteiger partial charge in [0.2, 0.25) is 12.0 Å². The predicted octanol–water partition coefficient (Wildman–Crippen LogP) is 1.52. The second-order valence-electron chi connectivity index (χ2n) is 2.23. The number of benzene rings is 1. The van der Waals surface area contributed by atoms with E-state index < -0.39 is 5.91 Å². The van der Waals surface area contributed by atoms with E-state index in [-0.39, 0.29) is 5.56 Å². The van der Waals surface area contributed by atoms with Gasteiger partial charge >= 0.3 is 0 Å². The first-order valence-electron chi connectivity index (χ1n) is 3.32. The minimum Gasteiger partial charge on any atom is -0.366 e. The number of nitrogens with two attached hydrogens (primary N) is 1. The van der Waals surface area contributed by atoms with Crippen molar-refractivity contribution in [1.82, 2.24) is 0 Å². The lowest BCUT2D eigenvalue weighted by atomic mass is 10.2. The smallest absolute Gasteiger partial charge is 0.249 e. The Bertz CT molecular complexity index is 397. The Kier molecular flexibility index (Phi) is 2.95. The number of halogens is 1. The van der Waals surface area contributed by atoms with Gasteiger partial charge in [-0.05, 0) is 34.1 Å². The normalized spacial score (nSPS) is 9.00. The van der Waals surface area contributed by atoms with Crippen molar-refractivity contribution in [2.24, 2.45) is 10.7 Å². The molecule has 66 valence electrons. The average Bonchev–Trinajstić information content (AvgIpc) is 2.08. The fraction of sp³-hybridized carbons (Fsp3) is 0. The summed E-state index contributed by atoms with van der Waals surface area (Å²) in [5.41, 5.74) is 5.71. The van der Waals surface area contributed by atoms with Gasteiger partial charge in [0, 0.05) is 4.47 Å². The number of primary amides is 1. The van der Waals surface area contributed by atoms with Crippen molar-refractivity contribution in [2.75, 3.05) is 0 Å². The number of carbonyl (C=O) groups excluding carboxylic acids is 2. The minimum absolute atomic E-state index is 0.288. The number of carbonyl (C=O) groups is 1. The Labute approximate surface area is 82.6 Å². The second kappa shape index (κ2) is 3.98. The molecule has 1 rings (SSSR count). The van der Waals surface area contributed by atoms with Gasteiger partial charge in [0.25, 0.3) is 0 Å². The third-order valence-corrected chi connectivity index (χ3v) is 2.08. The lowest BCUT2D eigenvalue weighted by Crippen LogP contribution is -2.11. The van der Waals surface area contributed by atoms with Crippen LogP contribution in [0, 0.1) is 0 Å². The van der Waals surface area contributed by atoms with Gasteiger partial charge < -0.3 is 5.73 Å². The largest absolute Gasteiger partial charge is 0.366 e. The van der Waals surface area contributed by atoms with Crippen LogP contribution in [0.5, 0.6) is 0 Å². The zero-order valence-electron chi connectivity index (χ0n) is 6.45. The van der Waals surface area contributed by atoms with Crippen LogP contribution in [0.3, 0.4) is 0 Å². The Hall–Kier alpha value is -1.45. The summed E-state index contributed by atoms with van der Waals surface area (Å²) < 4.78 is 0.574. The number of rotatable bonds is 2. The summed E-state index contributed by atoms with van der Waals surface area (Å²) >= 11 is 3.14. The molecule has 0 atom stereocenters. The zero-order chi connectivity index (χ0) is 9.84. The molecule has 2 N–H and O–H groups in total. The summed E-state index contributed by atoms with van der Waals surface area (Å²) in [6.07, 6.45) is 1.38. The van der Waals surface area contributed by atoms with Crippen molar-refractivity contribution < 1.29 is 9.59 Å². The van der Waals surface area contributed by atoms with Crippen LogP contribution in [0.2, 0.25) is 0 Å². The van der Waals surface area contributed by atoms with Crippen molar-refractivity contribution >= 4 is 33.6 Å². The molecule has 5 heteroatoms. The molecule has 1 aromatic rings. The molecule has 4 nitrogen and oxygen atoms in total. The molecule has 0 radical (unpaired) electrons. The number of hydrogen-bond acceptors (Lipinski definition) is 3. The monoisotopic (exact) mass is 240 g/mol. The van der Waals surface area contributed by atoms with Crippen molar-refractivity contribution in [3.8, 4) is 0 Å². The molecule has 0 aromatic heterocycles. The first-order chi connectivity index (χ1) is 6.15. The van der Waals surface area contributed by atoms with Gasteiger partial charge in [-0.25, -0.2) is 4.79 Å². The zero-order valence-corrected chi connectivity index (χ0v) is 8.04. The van der Waals surface area contributed by atoms with E-state index in [1.54, 1.807) is 12.1 Å². The molecule has 0 heterocycles. The molecule has 0 saturated carbocycles. The van der Waals surface area contributed by atoms with Crippen LogP contribution in [0.15, 0.2) is 27.7 Å². The first-order valence-corrected chi connectivity index (χ1v) is 4.11. The van der Waals surface area contributed by atoms with Gasteiger partial charge in [-0.3, -0.25) is 4.79 Å². The van der Waals surface area contributed by atoms with Crippen LogP contribution < -0.4 is 5.73 Å². The first kappa shape index (κ1) is 9.64. The average molecular weight is 241 g/mol. The Balaban J connectivity index is 3.26. The van der Waals surface area contributed by atoms with Gasteiger partial charge in [-0.15, -0.1) is 0 Å². The molecular formula is C8H5BrN2O2. The fourth-order valence-electron chi connectivity index (χ4n) is 0.824. The van der Waals surface area contributed by atoms with E-state index in [0.717, 1.165) is 0 Å². The maximum absolute atomic E-state index is 10.8. The van der Waals surface area contributed by atoms with E-state index in [2.05, 4.69) is 20.9 Å². The van der Waals surface area contributed by atoms with Gasteiger partial charge in [-0.2, -0.15) is 4.99 Å². The summed E-state index contributed by atoms with van der Waals surface area (Å²) in [5.74, 6) is -0.574. The second-order valence-corrected chi connectivity index (χ2v) is 3.09. The molecule has 0 spiro atoms. The summed E-state index contributed by atoms with van der Waals surface area (Å²) in [5, 5.41) is 0. The Morgan fingerprint density at radius 2 is 2.23 bits per heavy atom. The van der Waals surface area contributed by atoms with Crippen molar-refractivity contribution in [1.29, 1.82) is 0 Å². The van der Waals surface area contributed by atoms with Crippen molar-refractivity contribution in [2.45, 2.75) is 0 Å². The molecule has 0 fully saturated rings. The standard InChI is InChI=1S/C8H5BrN2O2/c9-7-2-1-5(11-4-12)3-6(7)8(10)13/h1-3H,(H2,10,13). The predicted molar refractivity (Wildman–Crippen MR) is 50.4 cm³/mol. The number of hydrogen-bond donors (Lipinski definition) is 1. The van der Waals surface area contributed by atoms with Crippen LogP contribution >= 0.6 is 15.9 Å². The van der Waals surface area contributed by atoms with Crippen LogP contribution in [-0.4, -0.2) is 12.0 Å². The maximum Gasteiger partial charge on any atom is 0.249 e. The number of aliphatic imine (C=N–C) groups is 1. The summed E-state index contributed by atoms with van der Waals surface area (Å²) in [6.45, 7) is 0. The highest BCUT2D eigenvalue weighted by atomic mass is 79.9. The van der Waals surface area contributed by atoms with E-state index in [1.165, 1.54) is 12.1 Å². The number of amides is 1. The van der Waals surface area contributed by atoms with Crippen LogP contribution in [0.4, 0.5) is 5.69 Å². The molecule has 0 saturated heterocycles. The van der Waals surface area contributed by atoms with E-state index >= 15 is 0 Å². The third-order valence-electron chi connectivity index (χ3n) is 1.39. The highest BCUT2D eigenvalue weighted by molar-refractivity contribution is 9.10. The molecule has 0 aliphatic heterocycles. The molecular weight excluding hydrogens is 236 g/mol. The van der Waals surface area contributed by atoms with E-state index in [9.17, 15) is 9.59 Å². The van der Waals surface area contributed by atoms with Crippen molar-refractivity contribution in [3.05, 3.63) is 28.2 Å². The molecule has 0 unspecified atom stereocenters. The molecule has 0 aliphatic carbocycles. The third kappa shape index (κ3) is 2.24. The quantitative estimate of drug-likeness (QED) is 0.629. The van der Waals surface area contributed by atoms with Crippen molar-refractivity contribution in [3.63, 3.8) is 0 Å². The Morgan fingerprint density at radius 1 is 1.54 bits per heavy atom. The summed E-state index contributed by atoms with van der Waals surface area (Å²) in [4.78, 5) is 24.1. The highest BCUT2D eigenvalue weighted by Crippen LogP contribution is 2.21. The summed E-state index contributed by atoms with van der Waals surface area (Å²) in [7, 11) is 0. The molecule has 1 aromatic carbocycles.